The van der Waals surface area contributed by atoms with Crippen molar-refractivity contribution in [3.8, 4) is 11.5 Å². The predicted octanol–water partition coefficient (Wildman–Crippen LogP) is 4.70. The molecule has 0 saturated carbocycles. The second-order valence-electron chi connectivity index (χ2n) is 8.96. The van der Waals surface area contributed by atoms with E-state index in [-0.39, 0.29) is 17.6 Å². The molecule has 182 valence electrons. The van der Waals surface area contributed by atoms with Crippen molar-refractivity contribution >= 4 is 21.6 Å². The Balaban J connectivity index is 1.20. The van der Waals surface area contributed by atoms with Crippen molar-refractivity contribution in [2.45, 2.75) is 30.6 Å². The lowest BCUT2D eigenvalue weighted by Crippen LogP contribution is -2.38. The molecule has 1 amide bonds. The van der Waals surface area contributed by atoms with E-state index in [0.29, 0.717) is 41.8 Å². The van der Waals surface area contributed by atoms with Crippen LogP contribution in [0.1, 0.15) is 35.2 Å². The number of rotatable bonds is 7. The zero-order valence-corrected chi connectivity index (χ0v) is 20.2. The number of nitrogens with zero attached hydrogens (tertiary/aromatic N) is 1. The van der Waals surface area contributed by atoms with E-state index in [9.17, 15) is 13.2 Å². The SMILES string of the molecule is O=C(c1cccc(S(=O)(=O)Nc2ccc3c(c2)OCO3)c1)N1CCC(CCc2ccccc2)CC1. The van der Waals surface area contributed by atoms with E-state index in [2.05, 4.69) is 29.0 Å². The number of hydrogen-bond acceptors (Lipinski definition) is 5. The summed E-state index contributed by atoms with van der Waals surface area (Å²) in [6.45, 7) is 1.48. The van der Waals surface area contributed by atoms with Crippen molar-refractivity contribution in [1.82, 2.24) is 4.90 Å². The third-order valence-electron chi connectivity index (χ3n) is 6.60. The summed E-state index contributed by atoms with van der Waals surface area (Å²) in [5.74, 6) is 1.52. The van der Waals surface area contributed by atoms with Gasteiger partial charge in [-0.1, -0.05) is 36.4 Å². The maximum absolute atomic E-state index is 13.1. The maximum Gasteiger partial charge on any atom is 0.261 e. The number of piperidine rings is 1. The standard InChI is InChI=1S/C27H28N2O5S/c30-27(29-15-13-21(14-16-29)10-9-20-5-2-1-3-6-20)22-7-4-8-24(17-22)35(31,32)28-23-11-12-25-26(18-23)34-19-33-25/h1-8,11-12,17-18,21,28H,9-10,13-16,19H2. The van der Waals surface area contributed by atoms with Crippen LogP contribution in [0, 0.1) is 5.92 Å². The van der Waals surface area contributed by atoms with Crippen LogP contribution in [0.3, 0.4) is 0 Å². The molecule has 1 saturated heterocycles. The molecule has 0 radical (unpaired) electrons. The third-order valence-corrected chi connectivity index (χ3v) is 7.98. The largest absolute Gasteiger partial charge is 0.454 e. The Morgan fingerprint density at radius 2 is 1.69 bits per heavy atom. The second-order valence-corrected chi connectivity index (χ2v) is 10.6. The van der Waals surface area contributed by atoms with E-state index in [4.69, 9.17) is 9.47 Å². The molecule has 35 heavy (non-hydrogen) atoms. The topological polar surface area (TPSA) is 84.9 Å². The molecule has 8 heteroatoms. The van der Waals surface area contributed by atoms with E-state index in [1.165, 1.54) is 17.7 Å². The summed E-state index contributed by atoms with van der Waals surface area (Å²) in [5.41, 5.74) is 2.09. The van der Waals surface area contributed by atoms with Crippen molar-refractivity contribution in [2.24, 2.45) is 5.92 Å². The van der Waals surface area contributed by atoms with Gasteiger partial charge >= 0.3 is 0 Å². The van der Waals surface area contributed by atoms with Gasteiger partial charge in [-0.2, -0.15) is 0 Å². The number of aryl methyl sites for hydroxylation is 1. The number of hydrogen-bond donors (Lipinski definition) is 1. The molecule has 2 aliphatic rings. The Bertz CT molecular complexity index is 1300. The summed E-state index contributed by atoms with van der Waals surface area (Å²) < 4.78 is 39.1. The minimum atomic E-state index is -3.88. The first-order valence-corrected chi connectivity index (χ1v) is 13.3. The molecule has 3 aromatic carbocycles. The van der Waals surface area contributed by atoms with Gasteiger partial charge in [0.1, 0.15) is 0 Å². The van der Waals surface area contributed by atoms with Crippen molar-refractivity contribution in [1.29, 1.82) is 0 Å². The van der Waals surface area contributed by atoms with Gasteiger partial charge in [0.15, 0.2) is 11.5 Å². The fraction of sp³-hybridized carbons (Fsp3) is 0.296. The molecule has 0 atom stereocenters. The molecular formula is C27H28N2O5S. The van der Waals surface area contributed by atoms with Crippen LogP contribution in [-0.2, 0) is 16.4 Å². The van der Waals surface area contributed by atoms with Crippen molar-refractivity contribution in [3.05, 3.63) is 83.9 Å². The Morgan fingerprint density at radius 1 is 0.914 bits per heavy atom. The Morgan fingerprint density at radius 3 is 2.49 bits per heavy atom. The number of sulfonamides is 1. The first kappa shape index (κ1) is 23.2. The van der Waals surface area contributed by atoms with Crippen LogP contribution in [-0.4, -0.2) is 39.1 Å². The minimum Gasteiger partial charge on any atom is -0.454 e. The van der Waals surface area contributed by atoms with Crippen LogP contribution in [0.4, 0.5) is 5.69 Å². The van der Waals surface area contributed by atoms with E-state index < -0.39 is 10.0 Å². The van der Waals surface area contributed by atoms with Gasteiger partial charge in [0.25, 0.3) is 15.9 Å². The lowest BCUT2D eigenvalue weighted by atomic mass is 9.90. The molecule has 2 aliphatic heterocycles. The van der Waals surface area contributed by atoms with E-state index >= 15 is 0 Å². The lowest BCUT2D eigenvalue weighted by molar-refractivity contribution is 0.0686. The number of fused-ring (bicyclic) bond motifs is 1. The van der Waals surface area contributed by atoms with Crippen molar-refractivity contribution in [3.63, 3.8) is 0 Å². The summed E-state index contributed by atoms with van der Waals surface area (Å²) in [4.78, 5) is 15.0. The third kappa shape index (κ3) is 5.43. The Hall–Kier alpha value is -3.52. The summed E-state index contributed by atoms with van der Waals surface area (Å²) >= 11 is 0. The number of likely N-dealkylation sites (tertiary alicyclic amines) is 1. The zero-order valence-electron chi connectivity index (χ0n) is 19.4. The molecule has 3 aromatic rings. The number of anilines is 1. The highest BCUT2D eigenvalue weighted by molar-refractivity contribution is 7.92. The summed E-state index contributed by atoms with van der Waals surface area (Å²) in [6.07, 6.45) is 4.09. The average Bonchev–Trinajstić information content (AvgIpc) is 3.36. The summed E-state index contributed by atoms with van der Waals surface area (Å²) in [5, 5.41) is 0. The number of nitrogens with one attached hydrogen (secondary N) is 1. The molecule has 5 rings (SSSR count). The van der Waals surface area contributed by atoms with Crippen LogP contribution in [0.15, 0.2) is 77.7 Å². The second kappa shape index (κ2) is 10.00. The predicted molar refractivity (Wildman–Crippen MR) is 133 cm³/mol. The molecule has 1 fully saturated rings. The van der Waals surface area contributed by atoms with Crippen molar-refractivity contribution < 1.29 is 22.7 Å². The molecule has 2 heterocycles. The van der Waals surface area contributed by atoms with Gasteiger partial charge < -0.3 is 14.4 Å². The van der Waals surface area contributed by atoms with Gasteiger partial charge in [-0.05, 0) is 67.5 Å². The average molecular weight is 493 g/mol. The highest BCUT2D eigenvalue weighted by Crippen LogP contribution is 2.35. The van der Waals surface area contributed by atoms with Gasteiger partial charge in [-0.15, -0.1) is 0 Å². The van der Waals surface area contributed by atoms with E-state index in [1.54, 1.807) is 30.3 Å². The maximum atomic E-state index is 13.1. The van der Waals surface area contributed by atoms with Crippen molar-refractivity contribution in [2.75, 3.05) is 24.6 Å². The van der Waals surface area contributed by atoms with Crippen LogP contribution in [0.2, 0.25) is 0 Å². The minimum absolute atomic E-state index is 0.0405. The summed E-state index contributed by atoms with van der Waals surface area (Å²) in [6, 6.07) is 21.5. The van der Waals surface area contributed by atoms with Gasteiger partial charge in [-0.3, -0.25) is 9.52 Å². The monoisotopic (exact) mass is 492 g/mol. The van der Waals surface area contributed by atoms with Crippen LogP contribution in [0.25, 0.3) is 0 Å². The summed E-state index contributed by atoms with van der Waals surface area (Å²) in [7, 11) is -3.88. The normalized spacial score (nSPS) is 15.7. The lowest BCUT2D eigenvalue weighted by Gasteiger charge is -2.32. The molecule has 0 aromatic heterocycles. The molecule has 0 aliphatic carbocycles. The smallest absolute Gasteiger partial charge is 0.261 e. The quantitative estimate of drug-likeness (QED) is 0.517. The first-order chi connectivity index (χ1) is 17.0. The fourth-order valence-corrected chi connectivity index (χ4v) is 5.69. The van der Waals surface area contributed by atoms with E-state index in [1.807, 2.05) is 11.0 Å². The fourth-order valence-electron chi connectivity index (χ4n) is 4.59. The molecule has 1 N–H and O–H groups in total. The molecular weight excluding hydrogens is 464 g/mol. The van der Waals surface area contributed by atoms with Gasteiger partial charge in [0, 0.05) is 24.7 Å². The van der Waals surface area contributed by atoms with Gasteiger partial charge in [0.05, 0.1) is 10.6 Å². The number of amides is 1. The van der Waals surface area contributed by atoms with Crippen LogP contribution < -0.4 is 14.2 Å². The Labute approximate surface area is 205 Å². The van der Waals surface area contributed by atoms with Gasteiger partial charge in [0.2, 0.25) is 6.79 Å². The number of ether oxygens (including phenoxy) is 2. The first-order valence-electron chi connectivity index (χ1n) is 11.8. The number of carbonyl (C=O) groups is 1. The number of benzene rings is 3. The Kier molecular flexibility index (Phi) is 6.63. The highest BCUT2D eigenvalue weighted by Gasteiger charge is 2.25. The molecule has 0 unspecified atom stereocenters. The molecule has 0 bridgehead atoms. The van der Waals surface area contributed by atoms with Crippen LogP contribution in [0.5, 0.6) is 11.5 Å². The van der Waals surface area contributed by atoms with Crippen LogP contribution >= 0.6 is 0 Å². The zero-order chi connectivity index (χ0) is 24.3. The van der Waals surface area contributed by atoms with E-state index in [0.717, 1.165) is 25.7 Å². The molecule has 0 spiro atoms. The highest BCUT2D eigenvalue weighted by atomic mass is 32.2. The number of carbonyl (C=O) groups excluding carboxylic acids is 1. The van der Waals surface area contributed by atoms with Gasteiger partial charge in [-0.25, -0.2) is 8.42 Å². The molecule has 7 nitrogen and oxygen atoms in total.